The number of hydrogen-bond acceptors (Lipinski definition) is 2. The van der Waals surface area contributed by atoms with Crippen LogP contribution in [0.5, 0.6) is 0 Å². The molecule has 0 unspecified atom stereocenters. The molecule has 124 valence electrons. The van der Waals surface area contributed by atoms with Crippen LogP contribution in [0.2, 0.25) is 0 Å². The number of rotatable bonds is 5. The zero-order chi connectivity index (χ0) is 17.1. The van der Waals surface area contributed by atoms with E-state index in [0.29, 0.717) is 0 Å². The molecule has 0 saturated carbocycles. The molecule has 3 aromatic carbocycles. The third kappa shape index (κ3) is 3.49. The molecule has 0 fully saturated rings. The molecule has 4 aromatic rings. The second kappa shape index (κ2) is 6.96. The predicted octanol–water partition coefficient (Wildman–Crippen LogP) is 5.73. The first-order chi connectivity index (χ1) is 12.3. The Labute approximate surface area is 148 Å². The number of nitrogens with zero attached hydrogens (tertiary/aromatic N) is 1. The van der Waals surface area contributed by atoms with Crippen LogP contribution in [0.1, 0.15) is 11.1 Å². The van der Waals surface area contributed by atoms with Gasteiger partial charge in [0, 0.05) is 24.0 Å². The molecule has 0 saturated heterocycles. The second-order valence-electron chi connectivity index (χ2n) is 6.46. The molecule has 25 heavy (non-hydrogen) atoms. The summed E-state index contributed by atoms with van der Waals surface area (Å²) in [6, 6.07) is 23.4. The topological polar surface area (TPSA) is 16.4 Å². The quantitative estimate of drug-likeness (QED) is 0.465. The van der Waals surface area contributed by atoms with Gasteiger partial charge in [0.25, 0.3) is 0 Å². The molecule has 0 radical (unpaired) electrons. The standard InChI is InChI=1S/C23H21NO/c1-24(17-22-10-4-9-20-13-15-25-23(20)22)14-5-6-18-11-12-19-7-2-3-8-21(19)16-18/h2-13,15-16H,14,17H2,1H3/b6-5+. The van der Waals surface area contributed by atoms with E-state index < -0.39 is 0 Å². The molecular weight excluding hydrogens is 306 g/mol. The summed E-state index contributed by atoms with van der Waals surface area (Å²) < 4.78 is 5.62. The van der Waals surface area contributed by atoms with Crippen LogP contribution in [0.25, 0.3) is 27.8 Å². The molecular formula is C23H21NO. The Morgan fingerprint density at radius 3 is 2.64 bits per heavy atom. The number of hydrogen-bond donors (Lipinski definition) is 0. The minimum atomic E-state index is 0.868. The largest absolute Gasteiger partial charge is 0.464 e. The number of furan rings is 1. The summed E-state index contributed by atoms with van der Waals surface area (Å²) in [5, 5.41) is 3.73. The smallest absolute Gasteiger partial charge is 0.138 e. The Morgan fingerprint density at radius 1 is 0.880 bits per heavy atom. The maximum Gasteiger partial charge on any atom is 0.138 e. The summed E-state index contributed by atoms with van der Waals surface area (Å²) in [4.78, 5) is 2.29. The van der Waals surface area contributed by atoms with Crippen molar-refractivity contribution in [1.29, 1.82) is 0 Å². The molecule has 0 aliphatic rings. The van der Waals surface area contributed by atoms with Crippen molar-refractivity contribution < 1.29 is 4.42 Å². The summed E-state index contributed by atoms with van der Waals surface area (Å²) in [5.74, 6) is 0. The summed E-state index contributed by atoms with van der Waals surface area (Å²) in [6.45, 7) is 1.76. The number of likely N-dealkylation sites (N-methyl/N-ethyl adjacent to an activating group) is 1. The number of fused-ring (bicyclic) bond motifs is 2. The van der Waals surface area contributed by atoms with Crippen molar-refractivity contribution in [3.05, 3.63) is 90.2 Å². The van der Waals surface area contributed by atoms with Gasteiger partial charge < -0.3 is 4.42 Å². The van der Waals surface area contributed by atoms with Gasteiger partial charge in [-0.25, -0.2) is 0 Å². The van der Waals surface area contributed by atoms with Crippen LogP contribution >= 0.6 is 0 Å². The zero-order valence-corrected chi connectivity index (χ0v) is 14.4. The fourth-order valence-corrected chi connectivity index (χ4v) is 3.22. The Balaban J connectivity index is 1.43. The summed E-state index contributed by atoms with van der Waals surface area (Å²) in [6.07, 6.45) is 6.16. The maximum absolute atomic E-state index is 5.62. The lowest BCUT2D eigenvalue weighted by molar-refractivity contribution is 0.363. The highest BCUT2D eigenvalue weighted by atomic mass is 16.3. The van der Waals surface area contributed by atoms with Crippen LogP contribution in [0, 0.1) is 0 Å². The first kappa shape index (κ1) is 15.7. The molecule has 0 bridgehead atoms. The van der Waals surface area contributed by atoms with Gasteiger partial charge in [-0.15, -0.1) is 0 Å². The highest BCUT2D eigenvalue weighted by Crippen LogP contribution is 2.21. The zero-order valence-electron chi connectivity index (χ0n) is 14.4. The molecule has 0 spiro atoms. The first-order valence-electron chi connectivity index (χ1n) is 8.58. The number of benzene rings is 3. The summed E-state index contributed by atoms with van der Waals surface area (Å²) in [5.41, 5.74) is 3.46. The van der Waals surface area contributed by atoms with E-state index in [-0.39, 0.29) is 0 Å². The molecule has 1 heterocycles. The van der Waals surface area contributed by atoms with E-state index in [4.69, 9.17) is 4.42 Å². The van der Waals surface area contributed by atoms with Crippen molar-refractivity contribution in [3.8, 4) is 0 Å². The van der Waals surface area contributed by atoms with Crippen LogP contribution in [0.15, 0.2) is 83.5 Å². The molecule has 2 nitrogen and oxygen atoms in total. The third-order valence-electron chi connectivity index (χ3n) is 4.50. The predicted molar refractivity (Wildman–Crippen MR) is 106 cm³/mol. The molecule has 2 heteroatoms. The van der Waals surface area contributed by atoms with Gasteiger partial charge in [0.05, 0.1) is 6.26 Å². The Hall–Kier alpha value is -2.84. The van der Waals surface area contributed by atoms with Crippen LogP contribution in [0.4, 0.5) is 0 Å². The minimum Gasteiger partial charge on any atom is -0.464 e. The second-order valence-corrected chi connectivity index (χ2v) is 6.46. The maximum atomic E-state index is 5.62. The summed E-state index contributed by atoms with van der Waals surface area (Å²) in [7, 11) is 2.13. The normalized spacial score (nSPS) is 11.9. The van der Waals surface area contributed by atoms with Crippen molar-refractivity contribution in [3.63, 3.8) is 0 Å². The van der Waals surface area contributed by atoms with E-state index in [9.17, 15) is 0 Å². The van der Waals surface area contributed by atoms with E-state index in [0.717, 1.165) is 24.1 Å². The lowest BCUT2D eigenvalue weighted by Crippen LogP contribution is -2.17. The SMILES string of the molecule is CN(C/C=C/c1ccc2ccccc2c1)Cc1cccc2ccoc12. The molecule has 0 N–H and O–H groups in total. The van der Waals surface area contributed by atoms with Gasteiger partial charge in [-0.3, -0.25) is 4.90 Å². The van der Waals surface area contributed by atoms with Crippen LogP contribution in [-0.4, -0.2) is 18.5 Å². The van der Waals surface area contributed by atoms with Crippen molar-refractivity contribution >= 4 is 27.8 Å². The molecule has 4 rings (SSSR count). The van der Waals surface area contributed by atoms with Gasteiger partial charge in [0.1, 0.15) is 5.58 Å². The molecule has 1 aromatic heterocycles. The van der Waals surface area contributed by atoms with Gasteiger partial charge in [-0.2, -0.15) is 0 Å². The number of para-hydroxylation sites is 1. The fraction of sp³-hybridized carbons (Fsp3) is 0.130. The van der Waals surface area contributed by atoms with Gasteiger partial charge in [0.2, 0.25) is 0 Å². The highest BCUT2D eigenvalue weighted by Gasteiger charge is 2.06. The molecule has 0 aliphatic carbocycles. The van der Waals surface area contributed by atoms with E-state index >= 15 is 0 Å². The first-order valence-corrected chi connectivity index (χ1v) is 8.58. The Kier molecular flexibility index (Phi) is 4.36. The Morgan fingerprint density at radius 2 is 1.72 bits per heavy atom. The van der Waals surface area contributed by atoms with E-state index in [1.165, 1.54) is 21.9 Å². The molecule has 0 atom stereocenters. The monoisotopic (exact) mass is 327 g/mol. The lowest BCUT2D eigenvalue weighted by Gasteiger charge is -2.14. The molecule has 0 aliphatic heterocycles. The average molecular weight is 327 g/mol. The van der Waals surface area contributed by atoms with Gasteiger partial charge in [-0.05, 0) is 35.5 Å². The van der Waals surface area contributed by atoms with Gasteiger partial charge >= 0.3 is 0 Å². The molecule has 0 amide bonds. The van der Waals surface area contributed by atoms with Crippen LogP contribution < -0.4 is 0 Å². The lowest BCUT2D eigenvalue weighted by atomic mass is 10.1. The van der Waals surface area contributed by atoms with Crippen molar-refractivity contribution in [2.24, 2.45) is 0 Å². The third-order valence-corrected chi connectivity index (χ3v) is 4.50. The summed E-state index contributed by atoms with van der Waals surface area (Å²) >= 11 is 0. The van der Waals surface area contributed by atoms with Gasteiger partial charge in [0.15, 0.2) is 0 Å². The van der Waals surface area contributed by atoms with E-state index in [1.54, 1.807) is 6.26 Å². The van der Waals surface area contributed by atoms with Crippen molar-refractivity contribution in [1.82, 2.24) is 4.90 Å². The van der Waals surface area contributed by atoms with E-state index in [1.807, 2.05) is 6.07 Å². The van der Waals surface area contributed by atoms with Crippen LogP contribution in [0.3, 0.4) is 0 Å². The van der Waals surface area contributed by atoms with Gasteiger partial charge in [-0.1, -0.05) is 66.7 Å². The average Bonchev–Trinajstić information content (AvgIpc) is 3.11. The minimum absolute atomic E-state index is 0.868. The van der Waals surface area contributed by atoms with Crippen molar-refractivity contribution in [2.45, 2.75) is 6.54 Å². The van der Waals surface area contributed by atoms with Crippen LogP contribution in [-0.2, 0) is 6.54 Å². The van der Waals surface area contributed by atoms with Crippen molar-refractivity contribution in [2.75, 3.05) is 13.6 Å². The highest BCUT2D eigenvalue weighted by molar-refractivity contribution is 5.84. The fourth-order valence-electron chi connectivity index (χ4n) is 3.22. The van der Waals surface area contributed by atoms with E-state index in [2.05, 4.69) is 84.8 Å². The Bertz CT molecular complexity index is 1030.